The summed E-state index contributed by atoms with van der Waals surface area (Å²) >= 11 is 0. The molecule has 0 saturated heterocycles. The number of amides is 1. The molecule has 0 rings (SSSR count). The number of primary amides is 1. The van der Waals surface area contributed by atoms with Gasteiger partial charge in [-0.25, -0.2) is 0 Å². The molecule has 0 bridgehead atoms. The van der Waals surface area contributed by atoms with E-state index in [-0.39, 0.29) is 19.0 Å². The highest BCUT2D eigenvalue weighted by molar-refractivity contribution is 5.83. The quantitative estimate of drug-likeness (QED) is 0.739. The molecule has 0 aliphatic heterocycles. The highest BCUT2D eigenvalue weighted by Gasteiger charge is 2.33. The highest BCUT2D eigenvalue weighted by Crippen LogP contribution is 2.19. The van der Waals surface area contributed by atoms with E-state index in [2.05, 4.69) is 0 Å². The van der Waals surface area contributed by atoms with Crippen LogP contribution in [0.1, 0.15) is 27.2 Å². The predicted molar refractivity (Wildman–Crippen MR) is 59.2 cm³/mol. The van der Waals surface area contributed by atoms with Gasteiger partial charge in [0.05, 0.1) is 12.1 Å². The average molecular weight is 255 g/mol. The normalized spacial score (nSPS) is 16.3. The van der Waals surface area contributed by atoms with Crippen LogP contribution in [0, 0.1) is 0 Å². The molecule has 0 aromatic carbocycles. The van der Waals surface area contributed by atoms with Crippen LogP contribution in [0.15, 0.2) is 0 Å². The summed E-state index contributed by atoms with van der Waals surface area (Å²) < 4.78 is 36.8. The second-order valence-electron chi connectivity index (χ2n) is 4.71. The van der Waals surface area contributed by atoms with Gasteiger partial charge in [-0.05, 0) is 27.2 Å². The zero-order valence-electron chi connectivity index (χ0n) is 10.3. The fraction of sp³-hybridized carbons (Fsp3) is 0.900. The summed E-state index contributed by atoms with van der Waals surface area (Å²) in [4.78, 5) is 12.2. The van der Waals surface area contributed by atoms with Gasteiger partial charge in [-0.1, -0.05) is 0 Å². The number of alkyl halides is 3. The summed E-state index contributed by atoms with van der Waals surface area (Å²) in [5.74, 6) is -0.715. The van der Waals surface area contributed by atoms with Crippen LogP contribution < -0.4 is 11.5 Å². The van der Waals surface area contributed by atoms with Gasteiger partial charge >= 0.3 is 6.18 Å². The molecular formula is C10H20F3N3O. The molecular weight excluding hydrogens is 235 g/mol. The van der Waals surface area contributed by atoms with Crippen LogP contribution in [0.4, 0.5) is 13.2 Å². The molecule has 0 saturated carbocycles. The number of nitrogens with two attached hydrogens (primary N) is 2. The van der Waals surface area contributed by atoms with Crippen LogP contribution in [0.3, 0.4) is 0 Å². The number of carbonyl (C=O) groups excluding carboxylic acids is 1. The molecule has 1 amide bonds. The van der Waals surface area contributed by atoms with Crippen LogP contribution in [-0.4, -0.2) is 41.7 Å². The van der Waals surface area contributed by atoms with Gasteiger partial charge in [0, 0.05) is 12.6 Å². The zero-order valence-corrected chi connectivity index (χ0v) is 10.3. The van der Waals surface area contributed by atoms with Crippen molar-refractivity contribution in [2.45, 2.75) is 44.9 Å². The van der Waals surface area contributed by atoms with E-state index < -0.39 is 24.2 Å². The van der Waals surface area contributed by atoms with E-state index in [9.17, 15) is 18.0 Å². The first kappa shape index (κ1) is 16.2. The average Bonchev–Trinajstić information content (AvgIpc) is 2.09. The topological polar surface area (TPSA) is 72.3 Å². The van der Waals surface area contributed by atoms with Crippen molar-refractivity contribution < 1.29 is 18.0 Å². The van der Waals surface area contributed by atoms with E-state index in [4.69, 9.17) is 11.5 Å². The minimum Gasteiger partial charge on any atom is -0.368 e. The van der Waals surface area contributed by atoms with Gasteiger partial charge in [0.1, 0.15) is 0 Å². The van der Waals surface area contributed by atoms with E-state index >= 15 is 0 Å². The molecule has 0 aromatic heterocycles. The SMILES string of the molecule is CC(C)N(CCC(C)(N)C(N)=O)CC(F)(F)F. The Morgan fingerprint density at radius 3 is 2.12 bits per heavy atom. The number of hydrogen-bond acceptors (Lipinski definition) is 3. The fourth-order valence-electron chi connectivity index (χ4n) is 1.25. The smallest absolute Gasteiger partial charge is 0.368 e. The molecule has 0 aliphatic carbocycles. The fourth-order valence-corrected chi connectivity index (χ4v) is 1.25. The molecule has 0 fully saturated rings. The summed E-state index contributed by atoms with van der Waals surface area (Å²) in [5.41, 5.74) is 9.37. The lowest BCUT2D eigenvalue weighted by Crippen LogP contribution is -2.52. The first-order valence-corrected chi connectivity index (χ1v) is 5.35. The molecule has 4 N–H and O–H groups in total. The van der Waals surface area contributed by atoms with E-state index in [0.717, 1.165) is 0 Å². The Morgan fingerprint density at radius 2 is 1.82 bits per heavy atom. The van der Waals surface area contributed by atoms with Crippen molar-refractivity contribution in [3.63, 3.8) is 0 Å². The highest BCUT2D eigenvalue weighted by atomic mass is 19.4. The third-order valence-corrected chi connectivity index (χ3v) is 2.59. The zero-order chi connectivity index (χ0) is 13.9. The molecule has 1 unspecified atom stereocenters. The summed E-state index contributed by atoms with van der Waals surface area (Å²) in [7, 11) is 0. The van der Waals surface area contributed by atoms with Crippen LogP contribution in [0.5, 0.6) is 0 Å². The van der Waals surface area contributed by atoms with Crippen LogP contribution in [0.2, 0.25) is 0 Å². The number of nitrogens with zero attached hydrogens (tertiary/aromatic N) is 1. The number of hydrogen-bond donors (Lipinski definition) is 2. The lowest BCUT2D eigenvalue weighted by Gasteiger charge is -2.30. The minimum absolute atomic E-state index is 0.0765. The van der Waals surface area contributed by atoms with Gasteiger partial charge in [0.25, 0.3) is 0 Å². The summed E-state index contributed by atoms with van der Waals surface area (Å²) in [6.07, 6.45) is -4.17. The van der Waals surface area contributed by atoms with Crippen LogP contribution >= 0.6 is 0 Å². The summed E-state index contributed by atoms with van der Waals surface area (Å²) in [6, 6.07) is -0.277. The van der Waals surface area contributed by atoms with Gasteiger partial charge in [0.15, 0.2) is 0 Å². The molecule has 102 valence electrons. The van der Waals surface area contributed by atoms with E-state index in [0.29, 0.717) is 0 Å². The number of halogens is 3. The Balaban J connectivity index is 4.43. The van der Waals surface area contributed by atoms with Crippen molar-refractivity contribution in [1.82, 2.24) is 4.90 Å². The van der Waals surface area contributed by atoms with E-state index in [1.807, 2.05) is 0 Å². The van der Waals surface area contributed by atoms with Crippen LogP contribution in [-0.2, 0) is 4.79 Å². The Morgan fingerprint density at radius 1 is 1.35 bits per heavy atom. The predicted octanol–water partition coefficient (Wildman–Crippen LogP) is 0.852. The van der Waals surface area contributed by atoms with Crippen molar-refractivity contribution in [3.05, 3.63) is 0 Å². The molecule has 17 heavy (non-hydrogen) atoms. The number of rotatable bonds is 6. The second kappa shape index (κ2) is 5.68. The first-order valence-electron chi connectivity index (χ1n) is 5.35. The lowest BCUT2D eigenvalue weighted by molar-refractivity contribution is -0.150. The monoisotopic (exact) mass is 255 g/mol. The van der Waals surface area contributed by atoms with Crippen molar-refractivity contribution in [2.24, 2.45) is 11.5 Å². The molecule has 0 radical (unpaired) electrons. The van der Waals surface area contributed by atoms with Crippen molar-refractivity contribution in [3.8, 4) is 0 Å². The van der Waals surface area contributed by atoms with Crippen molar-refractivity contribution in [2.75, 3.05) is 13.1 Å². The van der Waals surface area contributed by atoms with Gasteiger partial charge in [-0.2, -0.15) is 13.2 Å². The largest absolute Gasteiger partial charge is 0.401 e. The number of carbonyl (C=O) groups is 1. The van der Waals surface area contributed by atoms with Crippen molar-refractivity contribution >= 4 is 5.91 Å². The maximum atomic E-state index is 12.3. The Labute approximate surface area is 99.1 Å². The molecule has 0 spiro atoms. The molecule has 0 aromatic rings. The first-order chi connectivity index (χ1) is 7.46. The third-order valence-electron chi connectivity index (χ3n) is 2.59. The second-order valence-corrected chi connectivity index (χ2v) is 4.71. The minimum atomic E-state index is -4.26. The molecule has 0 heterocycles. The summed E-state index contributed by atoms with van der Waals surface area (Å²) in [6.45, 7) is 3.79. The molecule has 1 atom stereocenters. The van der Waals surface area contributed by atoms with Gasteiger partial charge < -0.3 is 11.5 Å². The standard InChI is InChI=1S/C10H20F3N3O/c1-7(2)16(6-10(11,12)13)5-4-9(3,15)8(14)17/h7H,4-6,15H2,1-3H3,(H2,14,17). The van der Waals surface area contributed by atoms with E-state index in [1.54, 1.807) is 13.8 Å². The molecule has 0 aliphatic rings. The van der Waals surface area contributed by atoms with E-state index in [1.165, 1.54) is 11.8 Å². The van der Waals surface area contributed by atoms with Gasteiger partial charge in [-0.3, -0.25) is 9.69 Å². The van der Waals surface area contributed by atoms with Gasteiger partial charge in [-0.15, -0.1) is 0 Å². The van der Waals surface area contributed by atoms with Crippen LogP contribution in [0.25, 0.3) is 0 Å². The Bertz CT molecular complexity index is 264. The van der Waals surface area contributed by atoms with Gasteiger partial charge in [0.2, 0.25) is 5.91 Å². The maximum absolute atomic E-state index is 12.3. The molecule has 7 heteroatoms. The maximum Gasteiger partial charge on any atom is 0.401 e. The van der Waals surface area contributed by atoms with Crippen molar-refractivity contribution in [1.29, 1.82) is 0 Å². The summed E-state index contributed by atoms with van der Waals surface area (Å²) in [5, 5.41) is 0. The Hall–Kier alpha value is -0.820. The third kappa shape index (κ3) is 6.48. The Kier molecular flexibility index (Phi) is 5.41. The molecule has 4 nitrogen and oxygen atoms in total. The lowest BCUT2D eigenvalue weighted by atomic mass is 9.98.